The van der Waals surface area contributed by atoms with Crippen LogP contribution in [-0.4, -0.2) is 87.5 Å². The van der Waals surface area contributed by atoms with Gasteiger partial charge in [-0.25, -0.2) is 0 Å². The van der Waals surface area contributed by atoms with Crippen molar-refractivity contribution in [2.45, 2.75) is 269 Å². The molecule has 1 heterocycles. The summed E-state index contributed by atoms with van der Waals surface area (Å²) in [6.07, 6.45) is 48.8. The SMILES string of the molecule is CC/C=C\C/C=C\C/C=C\C/C=C\CCCCCCCCCCCCCCCCCCCCC(=O)NC(COC1OC(CO)C(O)C(O)C1O)C(O)CCCCCCCCCC. The number of carbonyl (C=O) groups excluding carboxylic acids is 1. The Hall–Kier alpha value is -1.85. The number of rotatable bonds is 43. The first-order valence-corrected chi connectivity index (χ1v) is 25.8. The highest BCUT2D eigenvalue weighted by Gasteiger charge is 2.44. The third-order valence-electron chi connectivity index (χ3n) is 12.2. The average molecular weight is 876 g/mol. The number of unbranched alkanes of at least 4 members (excludes halogenated alkanes) is 25. The molecule has 1 rings (SSSR count). The van der Waals surface area contributed by atoms with Crippen molar-refractivity contribution in [1.82, 2.24) is 5.32 Å². The lowest BCUT2D eigenvalue weighted by molar-refractivity contribution is -0.302. The second kappa shape index (κ2) is 43.1. The summed E-state index contributed by atoms with van der Waals surface area (Å²) in [5.41, 5.74) is 0. The van der Waals surface area contributed by atoms with Gasteiger partial charge in [0.2, 0.25) is 5.91 Å². The smallest absolute Gasteiger partial charge is 0.220 e. The van der Waals surface area contributed by atoms with E-state index in [-0.39, 0.29) is 12.5 Å². The number of allylic oxidation sites excluding steroid dienone is 8. The Kier molecular flexibility index (Phi) is 40.4. The normalized spacial score (nSPS) is 20.7. The van der Waals surface area contributed by atoms with E-state index in [9.17, 15) is 30.3 Å². The monoisotopic (exact) mass is 876 g/mol. The highest BCUT2D eigenvalue weighted by molar-refractivity contribution is 5.76. The van der Waals surface area contributed by atoms with Gasteiger partial charge < -0.3 is 40.3 Å². The minimum Gasteiger partial charge on any atom is -0.394 e. The van der Waals surface area contributed by atoms with Gasteiger partial charge in [-0.3, -0.25) is 4.79 Å². The van der Waals surface area contributed by atoms with Gasteiger partial charge in [0.05, 0.1) is 25.4 Å². The molecule has 1 amide bonds. The van der Waals surface area contributed by atoms with Gasteiger partial charge in [-0.15, -0.1) is 0 Å². The molecular weight excluding hydrogens is 779 g/mol. The average Bonchev–Trinajstić information content (AvgIpc) is 3.27. The van der Waals surface area contributed by atoms with Crippen LogP contribution in [0.2, 0.25) is 0 Å². The Morgan fingerprint density at radius 3 is 1.48 bits per heavy atom. The summed E-state index contributed by atoms with van der Waals surface area (Å²) < 4.78 is 11.2. The predicted molar refractivity (Wildman–Crippen MR) is 258 cm³/mol. The summed E-state index contributed by atoms with van der Waals surface area (Å²) >= 11 is 0. The molecule has 0 aromatic rings. The Bertz CT molecular complexity index is 1110. The van der Waals surface area contributed by atoms with Crippen molar-refractivity contribution in [3.63, 3.8) is 0 Å². The number of nitrogens with one attached hydrogen (secondary N) is 1. The minimum atomic E-state index is -1.55. The van der Waals surface area contributed by atoms with E-state index in [0.29, 0.717) is 12.8 Å². The zero-order valence-electron chi connectivity index (χ0n) is 39.9. The van der Waals surface area contributed by atoms with Crippen LogP contribution < -0.4 is 5.32 Å². The molecule has 362 valence electrons. The fraction of sp³-hybridized carbons (Fsp3) is 0.830. The second-order valence-electron chi connectivity index (χ2n) is 17.9. The largest absolute Gasteiger partial charge is 0.394 e. The van der Waals surface area contributed by atoms with Crippen molar-refractivity contribution < 1.29 is 39.8 Å². The highest BCUT2D eigenvalue weighted by Crippen LogP contribution is 2.23. The van der Waals surface area contributed by atoms with Crippen LogP contribution in [0.25, 0.3) is 0 Å². The summed E-state index contributed by atoms with van der Waals surface area (Å²) in [7, 11) is 0. The molecule has 1 fully saturated rings. The first kappa shape index (κ1) is 58.2. The molecule has 0 saturated carbocycles. The maximum absolute atomic E-state index is 13.0. The third kappa shape index (κ3) is 32.8. The number of aliphatic hydroxyl groups excluding tert-OH is 5. The lowest BCUT2D eigenvalue weighted by atomic mass is 9.99. The van der Waals surface area contributed by atoms with E-state index in [1.54, 1.807) is 0 Å². The third-order valence-corrected chi connectivity index (χ3v) is 12.2. The van der Waals surface area contributed by atoms with Gasteiger partial charge in [-0.1, -0.05) is 217 Å². The van der Waals surface area contributed by atoms with Crippen molar-refractivity contribution in [3.05, 3.63) is 48.6 Å². The van der Waals surface area contributed by atoms with Crippen molar-refractivity contribution in [2.75, 3.05) is 13.2 Å². The number of hydrogen-bond donors (Lipinski definition) is 6. The summed E-state index contributed by atoms with van der Waals surface area (Å²) in [6.45, 7) is 3.69. The van der Waals surface area contributed by atoms with Crippen molar-refractivity contribution in [2.24, 2.45) is 0 Å². The minimum absolute atomic E-state index is 0.137. The molecule has 9 heteroatoms. The van der Waals surface area contributed by atoms with E-state index in [2.05, 4.69) is 67.8 Å². The van der Waals surface area contributed by atoms with E-state index in [1.165, 1.54) is 135 Å². The van der Waals surface area contributed by atoms with E-state index >= 15 is 0 Å². The molecule has 0 bridgehead atoms. The maximum Gasteiger partial charge on any atom is 0.220 e. The van der Waals surface area contributed by atoms with Crippen LogP contribution >= 0.6 is 0 Å². The Morgan fingerprint density at radius 1 is 0.565 bits per heavy atom. The first-order chi connectivity index (χ1) is 30.3. The van der Waals surface area contributed by atoms with Crippen molar-refractivity contribution in [1.29, 1.82) is 0 Å². The van der Waals surface area contributed by atoms with Crippen LogP contribution in [0.4, 0.5) is 0 Å². The quantitative estimate of drug-likeness (QED) is 0.0262. The Balaban J connectivity index is 2.08. The van der Waals surface area contributed by atoms with Crippen LogP contribution in [0.15, 0.2) is 48.6 Å². The molecule has 1 aliphatic rings. The van der Waals surface area contributed by atoms with Crippen LogP contribution in [0, 0.1) is 0 Å². The van der Waals surface area contributed by atoms with Crippen LogP contribution in [-0.2, 0) is 14.3 Å². The zero-order valence-corrected chi connectivity index (χ0v) is 39.9. The molecule has 0 aliphatic carbocycles. The van der Waals surface area contributed by atoms with Gasteiger partial charge in [0, 0.05) is 6.42 Å². The van der Waals surface area contributed by atoms with E-state index < -0.39 is 49.5 Å². The molecule has 0 aromatic heterocycles. The van der Waals surface area contributed by atoms with E-state index in [4.69, 9.17) is 9.47 Å². The number of amides is 1. The van der Waals surface area contributed by atoms with Gasteiger partial charge in [0.25, 0.3) is 0 Å². The lowest BCUT2D eigenvalue weighted by Gasteiger charge is -2.40. The molecule has 7 unspecified atom stereocenters. The van der Waals surface area contributed by atoms with Gasteiger partial charge >= 0.3 is 0 Å². The molecule has 0 spiro atoms. The van der Waals surface area contributed by atoms with E-state index in [0.717, 1.165) is 64.2 Å². The number of carbonyl (C=O) groups is 1. The Labute approximate surface area is 380 Å². The van der Waals surface area contributed by atoms with Crippen molar-refractivity contribution >= 4 is 5.91 Å². The van der Waals surface area contributed by atoms with Crippen LogP contribution in [0.5, 0.6) is 0 Å². The molecular formula is C53H97NO8. The number of aliphatic hydroxyl groups is 5. The molecule has 1 saturated heterocycles. The number of hydrogen-bond acceptors (Lipinski definition) is 8. The van der Waals surface area contributed by atoms with Crippen molar-refractivity contribution in [3.8, 4) is 0 Å². The van der Waals surface area contributed by atoms with Gasteiger partial charge in [-0.2, -0.15) is 0 Å². The summed E-state index contributed by atoms with van der Waals surface area (Å²) in [6, 6.07) is -0.715. The van der Waals surface area contributed by atoms with Crippen LogP contribution in [0.3, 0.4) is 0 Å². The first-order valence-electron chi connectivity index (χ1n) is 25.8. The second-order valence-corrected chi connectivity index (χ2v) is 17.9. The summed E-state index contributed by atoms with van der Waals surface area (Å²) in [5.74, 6) is -0.147. The highest BCUT2D eigenvalue weighted by atomic mass is 16.7. The molecule has 62 heavy (non-hydrogen) atoms. The fourth-order valence-electron chi connectivity index (χ4n) is 8.09. The predicted octanol–water partition coefficient (Wildman–Crippen LogP) is 11.8. The molecule has 9 nitrogen and oxygen atoms in total. The topological polar surface area (TPSA) is 149 Å². The van der Waals surface area contributed by atoms with Gasteiger partial charge in [0.15, 0.2) is 6.29 Å². The molecule has 6 N–H and O–H groups in total. The van der Waals surface area contributed by atoms with Gasteiger partial charge in [0.1, 0.15) is 24.4 Å². The lowest BCUT2D eigenvalue weighted by Crippen LogP contribution is -2.60. The standard InChI is InChI=1S/C53H97NO8/c1-3-5-7-9-11-13-14-15-16-17-18-19-20-21-22-23-24-25-26-27-28-29-30-31-32-33-34-35-37-39-41-43-49(57)54-46(47(56)42-40-38-36-12-10-8-6-4-2)45-61-53-52(60)51(59)50(58)48(44-55)62-53/h5,7,11,13,15-16,18-19,46-48,50-53,55-56,58-60H,3-4,6,8-10,12,14,17,20-45H2,1-2H3,(H,54,57)/b7-5-,13-11-,16-15-,19-18-. The summed E-state index contributed by atoms with van der Waals surface area (Å²) in [4.78, 5) is 13.0. The Morgan fingerprint density at radius 2 is 1.00 bits per heavy atom. The molecule has 0 aromatic carbocycles. The zero-order chi connectivity index (χ0) is 45.1. The van der Waals surface area contributed by atoms with Crippen LogP contribution in [0.1, 0.15) is 226 Å². The maximum atomic E-state index is 13.0. The molecule has 1 aliphatic heterocycles. The number of ether oxygens (including phenoxy) is 2. The molecule has 7 atom stereocenters. The molecule has 0 radical (unpaired) electrons. The van der Waals surface area contributed by atoms with Gasteiger partial charge in [-0.05, 0) is 51.4 Å². The fourth-order valence-corrected chi connectivity index (χ4v) is 8.09. The summed E-state index contributed by atoms with van der Waals surface area (Å²) in [5, 5.41) is 54.2. The van der Waals surface area contributed by atoms with E-state index in [1.807, 2.05) is 0 Å².